The molecule has 3 heteroatoms. The second-order valence-electron chi connectivity index (χ2n) is 4.99. The fourth-order valence-corrected chi connectivity index (χ4v) is 2.22. The van der Waals surface area contributed by atoms with Crippen molar-refractivity contribution in [3.05, 3.63) is 66.1 Å². The van der Waals surface area contributed by atoms with Crippen LogP contribution in [0.15, 0.2) is 55.0 Å². The molecule has 0 saturated carbocycles. The Bertz CT molecular complexity index is 767. The second kappa shape index (κ2) is 5.21. The first kappa shape index (κ1) is 12.5. The number of nitrogens with zero attached hydrogens (tertiary/aromatic N) is 1. The third kappa shape index (κ3) is 2.57. The summed E-state index contributed by atoms with van der Waals surface area (Å²) in [4.78, 5) is 10.3. The minimum absolute atomic E-state index is 1.03. The Balaban J connectivity index is 0.000000121. The van der Waals surface area contributed by atoms with Crippen molar-refractivity contribution in [2.24, 2.45) is 0 Å². The number of nitrogens with one attached hydrogen (secondary N) is 2. The van der Waals surface area contributed by atoms with Crippen LogP contribution in [0.1, 0.15) is 11.1 Å². The number of aromatic nitrogens is 3. The van der Waals surface area contributed by atoms with Gasteiger partial charge in [-0.1, -0.05) is 17.7 Å². The van der Waals surface area contributed by atoms with Gasteiger partial charge in [-0.15, -0.1) is 0 Å². The van der Waals surface area contributed by atoms with Crippen molar-refractivity contribution in [2.45, 2.75) is 13.8 Å². The molecule has 0 spiro atoms. The van der Waals surface area contributed by atoms with Gasteiger partial charge in [0.25, 0.3) is 0 Å². The van der Waals surface area contributed by atoms with E-state index in [1.54, 1.807) is 6.33 Å². The molecule has 0 bridgehead atoms. The summed E-state index contributed by atoms with van der Waals surface area (Å²) in [6.07, 6.45) is 3.67. The van der Waals surface area contributed by atoms with E-state index in [1.807, 2.05) is 12.3 Å². The number of fused-ring (bicyclic) bond motifs is 2. The predicted molar refractivity (Wildman–Crippen MR) is 83.9 cm³/mol. The number of hydrogen-bond donors (Lipinski definition) is 2. The molecule has 2 N–H and O–H groups in total. The summed E-state index contributed by atoms with van der Waals surface area (Å²) in [5, 5.41) is 1.29. The maximum Gasteiger partial charge on any atom is 0.0931 e. The highest BCUT2D eigenvalue weighted by Gasteiger charge is 1.92. The van der Waals surface area contributed by atoms with Crippen molar-refractivity contribution in [3.8, 4) is 0 Å². The van der Waals surface area contributed by atoms with Crippen LogP contribution >= 0.6 is 0 Å². The molecule has 20 heavy (non-hydrogen) atoms. The summed E-state index contributed by atoms with van der Waals surface area (Å²) in [5.74, 6) is 0. The first-order chi connectivity index (χ1) is 9.72. The van der Waals surface area contributed by atoms with Gasteiger partial charge in [0.1, 0.15) is 0 Å². The molecule has 2 aromatic heterocycles. The van der Waals surface area contributed by atoms with Crippen LogP contribution in [0.25, 0.3) is 21.9 Å². The number of benzene rings is 2. The van der Waals surface area contributed by atoms with E-state index in [4.69, 9.17) is 0 Å². The molecule has 0 aliphatic heterocycles. The van der Waals surface area contributed by atoms with E-state index >= 15 is 0 Å². The average Bonchev–Trinajstić information content (AvgIpc) is 3.06. The summed E-state index contributed by atoms with van der Waals surface area (Å²) >= 11 is 0. The molecule has 100 valence electrons. The first-order valence-electron chi connectivity index (χ1n) is 6.66. The van der Waals surface area contributed by atoms with Crippen LogP contribution in [-0.2, 0) is 0 Å². The summed E-state index contributed by atoms with van der Waals surface area (Å²) in [6, 6.07) is 14.6. The fourth-order valence-electron chi connectivity index (χ4n) is 2.22. The van der Waals surface area contributed by atoms with Gasteiger partial charge >= 0.3 is 0 Å². The Morgan fingerprint density at radius 1 is 0.800 bits per heavy atom. The monoisotopic (exact) mass is 263 g/mol. The van der Waals surface area contributed by atoms with Crippen molar-refractivity contribution in [1.82, 2.24) is 15.0 Å². The van der Waals surface area contributed by atoms with Gasteiger partial charge in [-0.05, 0) is 55.1 Å². The van der Waals surface area contributed by atoms with Crippen LogP contribution in [0.3, 0.4) is 0 Å². The standard InChI is InChI=1S/C9H9N.C8H8N2/c1-7-2-3-9-8(6-7)4-5-10-9;1-6-2-3-7-8(4-6)10-5-9-7/h2-6,10H,1H3;2-5H,1H3,(H,9,10). The lowest BCUT2D eigenvalue weighted by Gasteiger charge is -1.90. The molecular weight excluding hydrogens is 246 g/mol. The van der Waals surface area contributed by atoms with E-state index < -0.39 is 0 Å². The third-order valence-electron chi connectivity index (χ3n) is 3.28. The largest absolute Gasteiger partial charge is 0.361 e. The van der Waals surface area contributed by atoms with Crippen molar-refractivity contribution in [1.29, 1.82) is 0 Å². The van der Waals surface area contributed by atoms with Gasteiger partial charge in [0.05, 0.1) is 17.4 Å². The Morgan fingerprint density at radius 2 is 1.60 bits per heavy atom. The van der Waals surface area contributed by atoms with Gasteiger partial charge in [-0.3, -0.25) is 0 Å². The van der Waals surface area contributed by atoms with E-state index in [0.29, 0.717) is 0 Å². The summed E-state index contributed by atoms with van der Waals surface area (Å²) in [7, 11) is 0. The number of imidazole rings is 1. The van der Waals surface area contributed by atoms with Crippen molar-refractivity contribution in [3.63, 3.8) is 0 Å². The molecule has 0 atom stereocenters. The summed E-state index contributed by atoms with van der Waals surface area (Å²) in [5.41, 5.74) is 5.93. The lowest BCUT2D eigenvalue weighted by Crippen LogP contribution is -1.71. The molecular formula is C17H17N3. The molecule has 3 nitrogen and oxygen atoms in total. The van der Waals surface area contributed by atoms with Gasteiger partial charge in [-0.2, -0.15) is 0 Å². The van der Waals surface area contributed by atoms with E-state index in [2.05, 4.69) is 65.2 Å². The number of aryl methyl sites for hydroxylation is 2. The maximum atomic E-state index is 4.10. The number of H-pyrrole nitrogens is 2. The smallest absolute Gasteiger partial charge is 0.0931 e. The lowest BCUT2D eigenvalue weighted by atomic mass is 10.2. The quantitative estimate of drug-likeness (QED) is 0.487. The highest BCUT2D eigenvalue weighted by Crippen LogP contribution is 2.12. The SMILES string of the molecule is Cc1ccc2[nH]ccc2c1.Cc1ccc2nc[nH]c2c1. The van der Waals surface area contributed by atoms with Crippen LogP contribution < -0.4 is 0 Å². The molecule has 0 aliphatic carbocycles. The lowest BCUT2D eigenvalue weighted by molar-refractivity contribution is 1.34. The van der Waals surface area contributed by atoms with Gasteiger partial charge in [0, 0.05) is 11.7 Å². The zero-order valence-electron chi connectivity index (χ0n) is 11.6. The Labute approximate surface area is 117 Å². The highest BCUT2D eigenvalue weighted by atomic mass is 14.9. The van der Waals surface area contributed by atoms with E-state index in [1.165, 1.54) is 22.0 Å². The zero-order chi connectivity index (χ0) is 13.9. The minimum Gasteiger partial charge on any atom is -0.361 e. The average molecular weight is 263 g/mol. The Kier molecular flexibility index (Phi) is 3.25. The van der Waals surface area contributed by atoms with Crippen molar-refractivity contribution >= 4 is 21.9 Å². The predicted octanol–water partition coefficient (Wildman–Crippen LogP) is 4.35. The molecule has 4 rings (SSSR count). The number of hydrogen-bond acceptors (Lipinski definition) is 1. The van der Waals surface area contributed by atoms with Crippen molar-refractivity contribution < 1.29 is 0 Å². The van der Waals surface area contributed by atoms with Crippen LogP contribution in [-0.4, -0.2) is 15.0 Å². The Morgan fingerprint density at radius 3 is 2.50 bits per heavy atom. The van der Waals surface area contributed by atoms with E-state index in [0.717, 1.165) is 11.0 Å². The molecule has 0 saturated heterocycles. The summed E-state index contributed by atoms with van der Waals surface area (Å²) in [6.45, 7) is 4.17. The third-order valence-corrected chi connectivity index (χ3v) is 3.28. The molecule has 2 heterocycles. The molecule has 0 amide bonds. The topological polar surface area (TPSA) is 44.5 Å². The van der Waals surface area contributed by atoms with Gasteiger partial charge in [0.15, 0.2) is 0 Å². The van der Waals surface area contributed by atoms with E-state index in [9.17, 15) is 0 Å². The van der Waals surface area contributed by atoms with Crippen molar-refractivity contribution in [2.75, 3.05) is 0 Å². The summed E-state index contributed by atoms with van der Waals surface area (Å²) < 4.78 is 0. The molecule has 0 unspecified atom stereocenters. The number of aromatic amines is 2. The van der Waals surface area contributed by atoms with Crippen LogP contribution in [0.4, 0.5) is 0 Å². The molecule has 2 aromatic carbocycles. The van der Waals surface area contributed by atoms with Gasteiger partial charge in [-0.25, -0.2) is 4.98 Å². The number of rotatable bonds is 0. The minimum atomic E-state index is 1.03. The second-order valence-corrected chi connectivity index (χ2v) is 4.99. The van der Waals surface area contributed by atoms with E-state index in [-0.39, 0.29) is 0 Å². The normalized spacial score (nSPS) is 10.5. The van der Waals surface area contributed by atoms with Crippen LogP contribution in [0, 0.1) is 13.8 Å². The zero-order valence-corrected chi connectivity index (χ0v) is 11.6. The maximum absolute atomic E-state index is 4.10. The molecule has 0 radical (unpaired) electrons. The molecule has 0 fully saturated rings. The fraction of sp³-hybridized carbons (Fsp3) is 0.118. The van der Waals surface area contributed by atoms with Gasteiger partial charge < -0.3 is 9.97 Å². The highest BCUT2D eigenvalue weighted by molar-refractivity contribution is 5.79. The molecule has 4 aromatic rings. The van der Waals surface area contributed by atoms with Crippen LogP contribution in [0.2, 0.25) is 0 Å². The van der Waals surface area contributed by atoms with Gasteiger partial charge in [0.2, 0.25) is 0 Å². The first-order valence-corrected chi connectivity index (χ1v) is 6.66. The Hall–Kier alpha value is -2.55. The molecule has 0 aliphatic rings. The van der Waals surface area contributed by atoms with Crippen LogP contribution in [0.5, 0.6) is 0 Å².